The summed E-state index contributed by atoms with van der Waals surface area (Å²) in [4.78, 5) is 21.1. The van der Waals surface area contributed by atoms with Gasteiger partial charge in [-0.1, -0.05) is 42.5 Å². The van der Waals surface area contributed by atoms with Crippen molar-refractivity contribution in [1.82, 2.24) is 9.97 Å². The molecule has 0 aliphatic rings. The topological polar surface area (TPSA) is 66.9 Å². The van der Waals surface area contributed by atoms with Crippen LogP contribution < -0.4 is 10.6 Å². The van der Waals surface area contributed by atoms with Crippen LogP contribution in [0.2, 0.25) is 0 Å². The molecule has 3 aromatic rings. The van der Waals surface area contributed by atoms with Crippen LogP contribution in [0.1, 0.15) is 27.4 Å². The van der Waals surface area contributed by atoms with Crippen molar-refractivity contribution in [3.8, 4) is 0 Å². The maximum atomic E-state index is 12.5. The number of hydrogen-bond donors (Lipinski definition) is 2. The first-order chi connectivity index (χ1) is 12.6. The number of nitrogens with one attached hydrogen (secondary N) is 2. The molecule has 1 amide bonds. The molecule has 0 spiro atoms. The molecule has 0 unspecified atom stereocenters. The highest BCUT2D eigenvalue weighted by molar-refractivity contribution is 6.03. The van der Waals surface area contributed by atoms with Crippen LogP contribution in [0, 0.1) is 13.8 Å². The number of carbonyl (C=O) groups excluding carboxylic acids is 1. The van der Waals surface area contributed by atoms with Crippen molar-refractivity contribution in [2.75, 3.05) is 17.2 Å². The molecule has 2 N–H and O–H groups in total. The highest BCUT2D eigenvalue weighted by Crippen LogP contribution is 2.13. The number of amides is 1. The zero-order valence-corrected chi connectivity index (χ0v) is 15.0. The number of benzene rings is 2. The molecule has 26 heavy (non-hydrogen) atoms. The third kappa shape index (κ3) is 4.89. The summed E-state index contributed by atoms with van der Waals surface area (Å²) >= 11 is 0. The molecule has 0 atom stereocenters. The average Bonchev–Trinajstić information content (AvgIpc) is 2.62. The normalized spacial score (nSPS) is 10.4. The summed E-state index contributed by atoms with van der Waals surface area (Å²) in [5.41, 5.74) is 3.44. The molecule has 1 aromatic heterocycles. The van der Waals surface area contributed by atoms with Gasteiger partial charge in [0, 0.05) is 18.3 Å². The molecule has 0 saturated carbocycles. The fourth-order valence-corrected chi connectivity index (χ4v) is 2.67. The van der Waals surface area contributed by atoms with E-state index in [1.807, 2.05) is 49.4 Å². The maximum Gasteiger partial charge on any atom is 0.274 e. The Balaban J connectivity index is 1.65. The number of aromatic nitrogens is 2. The van der Waals surface area contributed by atoms with Crippen LogP contribution in [0.25, 0.3) is 0 Å². The highest BCUT2D eigenvalue weighted by atomic mass is 16.1. The molecule has 0 radical (unpaired) electrons. The van der Waals surface area contributed by atoms with Gasteiger partial charge in [-0.15, -0.1) is 0 Å². The van der Waals surface area contributed by atoms with E-state index in [4.69, 9.17) is 0 Å². The van der Waals surface area contributed by atoms with Gasteiger partial charge >= 0.3 is 0 Å². The molecule has 0 bridgehead atoms. The second kappa shape index (κ2) is 8.25. The van der Waals surface area contributed by atoms with Gasteiger partial charge in [0.1, 0.15) is 17.3 Å². The molecular weight excluding hydrogens is 324 g/mol. The molecule has 0 aliphatic carbocycles. The van der Waals surface area contributed by atoms with Gasteiger partial charge in [0.25, 0.3) is 5.91 Å². The summed E-state index contributed by atoms with van der Waals surface area (Å²) in [5.74, 6) is 0.971. The zero-order valence-electron chi connectivity index (χ0n) is 15.0. The Morgan fingerprint density at radius 1 is 0.962 bits per heavy atom. The summed E-state index contributed by atoms with van der Waals surface area (Å²) < 4.78 is 0. The average molecular weight is 346 g/mol. The van der Waals surface area contributed by atoms with E-state index in [0.717, 1.165) is 24.2 Å². The minimum atomic E-state index is -0.243. The molecule has 1 heterocycles. The van der Waals surface area contributed by atoms with Gasteiger partial charge < -0.3 is 10.6 Å². The Hall–Kier alpha value is -3.21. The molecule has 2 aromatic carbocycles. The first kappa shape index (κ1) is 17.6. The van der Waals surface area contributed by atoms with Crippen LogP contribution in [-0.2, 0) is 6.42 Å². The molecule has 5 nitrogen and oxygen atoms in total. The van der Waals surface area contributed by atoms with Crippen molar-refractivity contribution in [3.63, 3.8) is 0 Å². The van der Waals surface area contributed by atoms with E-state index in [-0.39, 0.29) is 5.91 Å². The molecule has 3 rings (SSSR count). The van der Waals surface area contributed by atoms with Crippen LogP contribution in [0.15, 0.2) is 60.7 Å². The van der Waals surface area contributed by atoms with Gasteiger partial charge in [0.2, 0.25) is 0 Å². The lowest BCUT2D eigenvalue weighted by molar-refractivity contribution is 0.102. The second-order valence-corrected chi connectivity index (χ2v) is 6.17. The third-order valence-corrected chi connectivity index (χ3v) is 3.91. The Morgan fingerprint density at radius 2 is 1.77 bits per heavy atom. The van der Waals surface area contributed by atoms with Gasteiger partial charge in [0.15, 0.2) is 0 Å². The molecular formula is C21H22N4O. The van der Waals surface area contributed by atoms with E-state index in [1.54, 1.807) is 13.0 Å². The Bertz CT molecular complexity index is 894. The maximum absolute atomic E-state index is 12.5. The van der Waals surface area contributed by atoms with E-state index in [9.17, 15) is 4.79 Å². The lowest BCUT2D eigenvalue weighted by Crippen LogP contribution is -2.16. The van der Waals surface area contributed by atoms with E-state index in [0.29, 0.717) is 17.3 Å². The monoisotopic (exact) mass is 346 g/mol. The van der Waals surface area contributed by atoms with Crippen molar-refractivity contribution in [1.29, 1.82) is 0 Å². The van der Waals surface area contributed by atoms with E-state index in [2.05, 4.69) is 32.7 Å². The first-order valence-electron chi connectivity index (χ1n) is 8.62. The summed E-state index contributed by atoms with van der Waals surface area (Å²) in [5, 5.41) is 6.15. The highest BCUT2D eigenvalue weighted by Gasteiger charge is 2.11. The minimum absolute atomic E-state index is 0.243. The molecule has 0 saturated heterocycles. The van der Waals surface area contributed by atoms with Crippen molar-refractivity contribution < 1.29 is 4.79 Å². The van der Waals surface area contributed by atoms with E-state index < -0.39 is 0 Å². The van der Waals surface area contributed by atoms with Crippen LogP contribution in [0.5, 0.6) is 0 Å². The van der Waals surface area contributed by atoms with Crippen molar-refractivity contribution >= 4 is 17.4 Å². The quantitative estimate of drug-likeness (QED) is 0.708. The van der Waals surface area contributed by atoms with Crippen molar-refractivity contribution in [2.45, 2.75) is 20.3 Å². The lowest BCUT2D eigenvalue weighted by atomic mass is 10.1. The van der Waals surface area contributed by atoms with Crippen LogP contribution >= 0.6 is 0 Å². The van der Waals surface area contributed by atoms with Gasteiger partial charge in [-0.05, 0) is 43.5 Å². The van der Waals surface area contributed by atoms with Crippen LogP contribution in [0.4, 0.5) is 11.5 Å². The van der Waals surface area contributed by atoms with Crippen molar-refractivity contribution in [3.05, 3.63) is 83.3 Å². The number of aryl methyl sites for hydroxylation is 2. The zero-order chi connectivity index (χ0) is 18.4. The second-order valence-electron chi connectivity index (χ2n) is 6.17. The first-order valence-corrected chi connectivity index (χ1v) is 8.62. The predicted octanol–water partition coefficient (Wildman–Crippen LogP) is 4.00. The van der Waals surface area contributed by atoms with E-state index >= 15 is 0 Å². The standard InChI is InChI=1S/C21H22N4O/c1-15-7-6-10-18(13-15)25-21(26)19-14-20(24-16(2)23-19)22-12-11-17-8-4-3-5-9-17/h3-10,13-14H,11-12H2,1-2H3,(H,25,26)(H,22,23,24). The lowest BCUT2D eigenvalue weighted by Gasteiger charge is -2.09. The number of rotatable bonds is 6. The molecule has 0 fully saturated rings. The van der Waals surface area contributed by atoms with Gasteiger partial charge in [-0.25, -0.2) is 9.97 Å². The number of anilines is 2. The minimum Gasteiger partial charge on any atom is -0.370 e. The summed E-state index contributed by atoms with van der Waals surface area (Å²) in [6.45, 7) is 4.50. The molecule has 0 aliphatic heterocycles. The van der Waals surface area contributed by atoms with Crippen LogP contribution in [0.3, 0.4) is 0 Å². The Kier molecular flexibility index (Phi) is 5.59. The predicted molar refractivity (Wildman–Crippen MR) is 105 cm³/mol. The molecule has 132 valence electrons. The smallest absolute Gasteiger partial charge is 0.274 e. The van der Waals surface area contributed by atoms with Crippen molar-refractivity contribution in [2.24, 2.45) is 0 Å². The number of nitrogens with zero attached hydrogens (tertiary/aromatic N) is 2. The SMILES string of the molecule is Cc1cccc(NC(=O)c2cc(NCCc3ccccc3)nc(C)n2)c1. The molecule has 5 heteroatoms. The third-order valence-electron chi connectivity index (χ3n) is 3.91. The largest absolute Gasteiger partial charge is 0.370 e. The fourth-order valence-electron chi connectivity index (χ4n) is 2.67. The summed E-state index contributed by atoms with van der Waals surface area (Å²) in [7, 11) is 0. The van der Waals surface area contributed by atoms with E-state index in [1.165, 1.54) is 5.56 Å². The van der Waals surface area contributed by atoms with Gasteiger partial charge in [-0.2, -0.15) is 0 Å². The number of hydrogen-bond acceptors (Lipinski definition) is 4. The Labute approximate surface area is 153 Å². The van der Waals surface area contributed by atoms with Gasteiger partial charge in [0.05, 0.1) is 0 Å². The Morgan fingerprint density at radius 3 is 2.54 bits per heavy atom. The van der Waals surface area contributed by atoms with Crippen LogP contribution in [-0.4, -0.2) is 22.4 Å². The fraction of sp³-hybridized carbons (Fsp3) is 0.190. The number of carbonyl (C=O) groups is 1. The summed E-state index contributed by atoms with van der Waals surface area (Å²) in [6.07, 6.45) is 0.884. The summed E-state index contributed by atoms with van der Waals surface area (Å²) in [6, 6.07) is 19.6. The van der Waals surface area contributed by atoms with Gasteiger partial charge in [-0.3, -0.25) is 4.79 Å².